The fourth-order valence-corrected chi connectivity index (χ4v) is 2.18. The van der Waals surface area contributed by atoms with E-state index >= 15 is 0 Å². The summed E-state index contributed by atoms with van der Waals surface area (Å²) in [5, 5.41) is 14.0. The lowest BCUT2D eigenvalue weighted by Crippen LogP contribution is -2.18. The van der Waals surface area contributed by atoms with Gasteiger partial charge in [-0.15, -0.1) is 10.2 Å². The van der Waals surface area contributed by atoms with Crippen LogP contribution in [0.1, 0.15) is 49.7 Å². The largest absolute Gasteiger partial charge is 0.308 e. The van der Waals surface area contributed by atoms with Crippen LogP contribution in [0.15, 0.2) is 0 Å². The van der Waals surface area contributed by atoms with E-state index in [2.05, 4.69) is 36.3 Å². The molecule has 80 valence electrons. The number of nitrogens with one attached hydrogen (secondary N) is 1. The first kappa shape index (κ1) is 11.6. The molecule has 0 aliphatic carbocycles. The third-order valence-corrected chi connectivity index (χ3v) is 3.18. The van der Waals surface area contributed by atoms with Crippen LogP contribution in [0.3, 0.4) is 0 Å². The number of aromatic nitrogens is 2. The van der Waals surface area contributed by atoms with Gasteiger partial charge < -0.3 is 5.32 Å². The van der Waals surface area contributed by atoms with E-state index in [1.54, 1.807) is 11.3 Å². The molecule has 0 aliphatic rings. The highest BCUT2D eigenvalue weighted by molar-refractivity contribution is 7.11. The Morgan fingerprint density at radius 1 is 1.29 bits per heavy atom. The van der Waals surface area contributed by atoms with E-state index in [4.69, 9.17) is 0 Å². The minimum absolute atomic E-state index is 0.345. The second-order valence-electron chi connectivity index (χ2n) is 3.46. The first-order valence-electron chi connectivity index (χ1n) is 5.33. The summed E-state index contributed by atoms with van der Waals surface area (Å²) in [6.45, 7) is 7.53. The van der Waals surface area contributed by atoms with E-state index in [0.717, 1.165) is 35.8 Å². The summed E-state index contributed by atoms with van der Waals surface area (Å²) in [7, 11) is 0. The van der Waals surface area contributed by atoms with Crippen molar-refractivity contribution in [1.29, 1.82) is 0 Å². The quantitative estimate of drug-likeness (QED) is 0.789. The molecule has 1 unspecified atom stereocenters. The van der Waals surface area contributed by atoms with Gasteiger partial charge in [0, 0.05) is 6.42 Å². The molecule has 1 rings (SSSR count). The Kier molecular flexibility index (Phi) is 5.04. The van der Waals surface area contributed by atoms with Gasteiger partial charge in [-0.1, -0.05) is 25.2 Å². The smallest absolute Gasteiger partial charge is 0.134 e. The Hall–Kier alpha value is -0.480. The Labute approximate surface area is 89.9 Å². The molecule has 1 N–H and O–H groups in total. The zero-order chi connectivity index (χ0) is 10.4. The molecule has 1 aromatic rings. The topological polar surface area (TPSA) is 37.8 Å². The Morgan fingerprint density at radius 2 is 2.07 bits per heavy atom. The van der Waals surface area contributed by atoms with Crippen molar-refractivity contribution in [3.63, 3.8) is 0 Å². The highest BCUT2D eigenvalue weighted by Crippen LogP contribution is 2.18. The van der Waals surface area contributed by atoms with Crippen LogP contribution in [0.25, 0.3) is 0 Å². The van der Waals surface area contributed by atoms with Crippen molar-refractivity contribution in [3.8, 4) is 0 Å². The molecule has 0 fully saturated rings. The lowest BCUT2D eigenvalue weighted by atomic mass is 10.3. The maximum absolute atomic E-state index is 4.19. The zero-order valence-corrected chi connectivity index (χ0v) is 10.0. The van der Waals surface area contributed by atoms with Gasteiger partial charge in [0.05, 0.1) is 6.04 Å². The fourth-order valence-electron chi connectivity index (χ4n) is 1.20. The number of hydrogen-bond donors (Lipinski definition) is 1. The van der Waals surface area contributed by atoms with Gasteiger partial charge >= 0.3 is 0 Å². The van der Waals surface area contributed by atoms with Crippen LogP contribution < -0.4 is 5.32 Å². The van der Waals surface area contributed by atoms with Gasteiger partial charge in [-0.25, -0.2) is 0 Å². The molecule has 0 amide bonds. The van der Waals surface area contributed by atoms with E-state index in [9.17, 15) is 0 Å². The summed E-state index contributed by atoms with van der Waals surface area (Å²) in [5.74, 6) is 0. The Morgan fingerprint density at radius 3 is 2.71 bits per heavy atom. The predicted molar refractivity (Wildman–Crippen MR) is 60.6 cm³/mol. The van der Waals surface area contributed by atoms with Gasteiger partial charge in [-0.3, -0.25) is 0 Å². The van der Waals surface area contributed by atoms with E-state index in [1.807, 2.05) is 0 Å². The number of hydrogen-bond acceptors (Lipinski definition) is 4. The summed E-state index contributed by atoms with van der Waals surface area (Å²) >= 11 is 1.73. The minimum atomic E-state index is 0.345. The van der Waals surface area contributed by atoms with Crippen LogP contribution in [0.5, 0.6) is 0 Å². The van der Waals surface area contributed by atoms with Crippen molar-refractivity contribution in [1.82, 2.24) is 15.5 Å². The van der Waals surface area contributed by atoms with E-state index in [0.29, 0.717) is 6.04 Å². The normalized spacial score (nSPS) is 13.1. The van der Waals surface area contributed by atoms with E-state index < -0.39 is 0 Å². The molecule has 0 saturated heterocycles. The van der Waals surface area contributed by atoms with Crippen molar-refractivity contribution in [3.05, 3.63) is 10.0 Å². The summed E-state index contributed by atoms with van der Waals surface area (Å²) < 4.78 is 0. The summed E-state index contributed by atoms with van der Waals surface area (Å²) in [6.07, 6.45) is 3.36. The second-order valence-corrected chi connectivity index (χ2v) is 4.55. The highest BCUT2D eigenvalue weighted by atomic mass is 32.1. The number of nitrogens with zero attached hydrogens (tertiary/aromatic N) is 2. The van der Waals surface area contributed by atoms with Gasteiger partial charge in [-0.2, -0.15) is 0 Å². The summed E-state index contributed by atoms with van der Waals surface area (Å²) in [6, 6.07) is 0.345. The van der Waals surface area contributed by atoms with Gasteiger partial charge in [0.25, 0.3) is 0 Å². The summed E-state index contributed by atoms with van der Waals surface area (Å²) in [5.41, 5.74) is 0. The van der Waals surface area contributed by atoms with Gasteiger partial charge in [-0.05, 0) is 26.3 Å². The molecule has 14 heavy (non-hydrogen) atoms. The van der Waals surface area contributed by atoms with E-state index in [-0.39, 0.29) is 0 Å². The Balaban J connectivity index is 2.48. The Bertz CT molecular complexity index is 260. The van der Waals surface area contributed by atoms with Crippen molar-refractivity contribution in [2.75, 3.05) is 6.54 Å². The first-order chi connectivity index (χ1) is 6.77. The molecule has 0 radical (unpaired) electrons. The van der Waals surface area contributed by atoms with E-state index in [1.165, 1.54) is 0 Å². The van der Waals surface area contributed by atoms with Gasteiger partial charge in [0.15, 0.2) is 0 Å². The fraction of sp³-hybridized carbons (Fsp3) is 0.800. The van der Waals surface area contributed by atoms with Gasteiger partial charge in [0.1, 0.15) is 10.0 Å². The maximum atomic E-state index is 4.19. The van der Waals surface area contributed by atoms with Crippen LogP contribution in [0, 0.1) is 0 Å². The third kappa shape index (κ3) is 3.35. The lowest BCUT2D eigenvalue weighted by Gasteiger charge is -2.08. The molecule has 1 heterocycles. The molecular formula is C10H19N3S. The number of aryl methyl sites for hydroxylation is 1. The van der Waals surface area contributed by atoms with Crippen molar-refractivity contribution >= 4 is 11.3 Å². The van der Waals surface area contributed by atoms with Crippen LogP contribution in [-0.2, 0) is 6.42 Å². The molecule has 3 nitrogen and oxygen atoms in total. The third-order valence-electron chi connectivity index (χ3n) is 2.02. The molecule has 1 atom stereocenters. The van der Waals surface area contributed by atoms with Crippen molar-refractivity contribution in [2.45, 2.75) is 46.1 Å². The average Bonchev–Trinajstić information content (AvgIpc) is 2.63. The first-order valence-corrected chi connectivity index (χ1v) is 6.15. The zero-order valence-electron chi connectivity index (χ0n) is 9.21. The predicted octanol–water partition coefficient (Wildman–Crippen LogP) is 2.55. The molecule has 4 heteroatoms. The average molecular weight is 213 g/mol. The molecule has 0 spiro atoms. The highest BCUT2D eigenvalue weighted by Gasteiger charge is 2.10. The van der Waals surface area contributed by atoms with Crippen LogP contribution in [0.4, 0.5) is 0 Å². The molecule has 0 bridgehead atoms. The molecular weight excluding hydrogens is 194 g/mol. The molecule has 0 aliphatic heterocycles. The second kappa shape index (κ2) is 6.09. The monoisotopic (exact) mass is 213 g/mol. The minimum Gasteiger partial charge on any atom is -0.308 e. The van der Waals surface area contributed by atoms with Gasteiger partial charge in [0.2, 0.25) is 0 Å². The van der Waals surface area contributed by atoms with Crippen LogP contribution in [-0.4, -0.2) is 16.7 Å². The standard InChI is InChI=1S/C10H19N3S/c1-4-6-9-12-13-10(14-9)8(3)11-7-5-2/h8,11H,4-7H2,1-3H3. The SMILES string of the molecule is CCCNC(C)c1nnc(CCC)s1. The molecule has 0 saturated carbocycles. The number of rotatable bonds is 6. The molecule has 0 aromatic carbocycles. The maximum Gasteiger partial charge on any atom is 0.134 e. The van der Waals surface area contributed by atoms with Crippen molar-refractivity contribution in [2.24, 2.45) is 0 Å². The molecule has 1 aromatic heterocycles. The lowest BCUT2D eigenvalue weighted by molar-refractivity contribution is 0.564. The van der Waals surface area contributed by atoms with Crippen LogP contribution in [0.2, 0.25) is 0 Å². The summed E-state index contributed by atoms with van der Waals surface area (Å²) in [4.78, 5) is 0. The van der Waals surface area contributed by atoms with Crippen LogP contribution >= 0.6 is 11.3 Å². The van der Waals surface area contributed by atoms with Crippen molar-refractivity contribution < 1.29 is 0 Å².